The summed E-state index contributed by atoms with van der Waals surface area (Å²) in [5.74, 6) is -0.168. The smallest absolute Gasteiger partial charge is 0.410 e. The molecular formula is C15H24N2O4S2. The number of thioether (sulfide) groups is 1. The highest BCUT2D eigenvalue weighted by Crippen LogP contribution is 2.27. The van der Waals surface area contributed by atoms with Crippen LogP contribution in [-0.4, -0.2) is 51.5 Å². The number of hydrogen-bond acceptors (Lipinski definition) is 6. The molecule has 1 rings (SSSR count). The van der Waals surface area contributed by atoms with Gasteiger partial charge in [0.2, 0.25) is 0 Å². The van der Waals surface area contributed by atoms with Gasteiger partial charge in [0.05, 0.1) is 0 Å². The van der Waals surface area contributed by atoms with Crippen molar-refractivity contribution in [3.05, 3.63) is 11.1 Å². The summed E-state index contributed by atoms with van der Waals surface area (Å²) < 4.78 is 6.09. The number of aromatic nitrogens is 1. The number of carbonyl (C=O) groups is 2. The number of hydrogen-bond donors (Lipinski definition) is 1. The van der Waals surface area contributed by atoms with E-state index >= 15 is 0 Å². The van der Waals surface area contributed by atoms with E-state index in [4.69, 9.17) is 9.84 Å². The average Bonchev–Trinajstić information content (AvgIpc) is 2.85. The Morgan fingerprint density at radius 3 is 2.48 bits per heavy atom. The minimum atomic E-state index is -1.03. The Morgan fingerprint density at radius 1 is 1.43 bits per heavy atom. The van der Waals surface area contributed by atoms with E-state index in [0.717, 1.165) is 0 Å². The molecular weight excluding hydrogens is 336 g/mol. The van der Waals surface area contributed by atoms with Gasteiger partial charge < -0.3 is 14.7 Å². The van der Waals surface area contributed by atoms with Gasteiger partial charge in [-0.2, -0.15) is 0 Å². The highest BCUT2D eigenvalue weighted by Gasteiger charge is 2.27. The Hall–Kier alpha value is -1.28. The molecule has 0 spiro atoms. The van der Waals surface area contributed by atoms with Crippen molar-refractivity contribution < 1.29 is 19.4 Å². The number of amides is 1. The Morgan fingerprint density at radius 2 is 2.04 bits per heavy atom. The van der Waals surface area contributed by atoms with Crippen LogP contribution in [-0.2, 0) is 4.74 Å². The van der Waals surface area contributed by atoms with Gasteiger partial charge in [0, 0.05) is 24.2 Å². The van der Waals surface area contributed by atoms with E-state index in [1.807, 2.05) is 34.6 Å². The fraction of sp³-hybridized carbons (Fsp3) is 0.667. The lowest BCUT2D eigenvalue weighted by Gasteiger charge is -2.32. The molecule has 23 heavy (non-hydrogen) atoms. The summed E-state index contributed by atoms with van der Waals surface area (Å²) >= 11 is 2.75. The largest absolute Gasteiger partial charge is 0.476 e. The molecule has 1 aromatic rings. The zero-order valence-corrected chi connectivity index (χ0v) is 16.0. The van der Waals surface area contributed by atoms with Crippen molar-refractivity contribution in [2.75, 3.05) is 12.8 Å². The van der Waals surface area contributed by atoms with Gasteiger partial charge in [-0.05, 0) is 26.7 Å². The van der Waals surface area contributed by atoms with E-state index in [0.29, 0.717) is 10.1 Å². The first kappa shape index (κ1) is 19.8. The van der Waals surface area contributed by atoms with Crippen LogP contribution in [0.2, 0.25) is 0 Å². The first-order valence-electron chi connectivity index (χ1n) is 7.28. The van der Waals surface area contributed by atoms with Crippen LogP contribution >= 0.6 is 23.1 Å². The van der Waals surface area contributed by atoms with Crippen LogP contribution in [0.5, 0.6) is 0 Å². The van der Waals surface area contributed by atoms with Crippen molar-refractivity contribution in [2.24, 2.45) is 5.92 Å². The van der Waals surface area contributed by atoms with Crippen molar-refractivity contribution in [1.82, 2.24) is 9.88 Å². The van der Waals surface area contributed by atoms with Gasteiger partial charge in [0.15, 0.2) is 10.0 Å². The molecule has 0 aliphatic rings. The molecule has 0 aliphatic heterocycles. The third kappa shape index (κ3) is 6.39. The van der Waals surface area contributed by atoms with Crippen LogP contribution in [0.1, 0.15) is 45.1 Å². The number of carboxylic acid groups (broad SMARTS) is 1. The monoisotopic (exact) mass is 360 g/mol. The van der Waals surface area contributed by atoms with Crippen molar-refractivity contribution in [2.45, 2.75) is 50.6 Å². The molecule has 0 saturated carbocycles. The fourth-order valence-electron chi connectivity index (χ4n) is 1.80. The van der Waals surface area contributed by atoms with Gasteiger partial charge >= 0.3 is 12.1 Å². The standard InChI is InChI=1S/C15H24N2O4S2/c1-9(2)11(17(6)14(20)21-15(3,4)5)8-23-13-16-10(7-22-13)12(18)19/h7,9,11H,8H2,1-6H3,(H,18,19)/t11-/m1/s1. The lowest BCUT2D eigenvalue weighted by Crippen LogP contribution is -2.44. The number of nitrogens with zero attached hydrogens (tertiary/aromatic N) is 2. The van der Waals surface area contributed by atoms with Crippen LogP contribution in [0.3, 0.4) is 0 Å². The normalized spacial score (nSPS) is 13.0. The Labute approximate surface area is 145 Å². The van der Waals surface area contributed by atoms with Crippen molar-refractivity contribution >= 4 is 35.2 Å². The van der Waals surface area contributed by atoms with E-state index in [1.54, 1.807) is 11.9 Å². The van der Waals surface area contributed by atoms with E-state index in [9.17, 15) is 9.59 Å². The van der Waals surface area contributed by atoms with Crippen LogP contribution in [0.25, 0.3) is 0 Å². The topological polar surface area (TPSA) is 79.7 Å². The minimum absolute atomic E-state index is 0.0352. The SMILES string of the molecule is CC(C)[C@@H](CSc1nc(C(=O)O)cs1)N(C)C(=O)OC(C)(C)C. The molecule has 0 saturated heterocycles. The predicted octanol–water partition coefficient (Wildman–Crippen LogP) is 3.82. The molecule has 0 fully saturated rings. The van der Waals surface area contributed by atoms with Gasteiger partial charge in [-0.15, -0.1) is 11.3 Å². The summed E-state index contributed by atoms with van der Waals surface area (Å²) in [5, 5.41) is 10.4. The molecule has 6 nitrogen and oxygen atoms in total. The maximum Gasteiger partial charge on any atom is 0.410 e. The second-order valence-electron chi connectivity index (χ2n) is 6.52. The minimum Gasteiger partial charge on any atom is -0.476 e. The molecule has 1 aromatic heterocycles. The number of carbonyl (C=O) groups excluding carboxylic acids is 1. The number of carboxylic acids is 1. The number of thiazole rings is 1. The zero-order chi connectivity index (χ0) is 17.8. The Balaban J connectivity index is 2.70. The lowest BCUT2D eigenvalue weighted by atomic mass is 10.1. The van der Waals surface area contributed by atoms with Crippen LogP contribution in [0.4, 0.5) is 4.79 Å². The molecule has 1 heterocycles. The van der Waals surface area contributed by atoms with Gasteiger partial charge in [0.25, 0.3) is 0 Å². The molecule has 1 atom stereocenters. The Kier molecular flexibility index (Phi) is 6.88. The number of rotatable bonds is 6. The number of ether oxygens (including phenoxy) is 1. The van der Waals surface area contributed by atoms with Crippen molar-refractivity contribution in [3.8, 4) is 0 Å². The van der Waals surface area contributed by atoms with Gasteiger partial charge in [-0.3, -0.25) is 0 Å². The zero-order valence-electron chi connectivity index (χ0n) is 14.3. The summed E-state index contributed by atoms with van der Waals surface area (Å²) in [6, 6.07) is -0.0352. The van der Waals surface area contributed by atoms with Crippen LogP contribution in [0.15, 0.2) is 9.72 Å². The lowest BCUT2D eigenvalue weighted by molar-refractivity contribution is 0.0202. The Bertz CT molecular complexity index is 552. The van der Waals surface area contributed by atoms with Gasteiger partial charge in [-0.25, -0.2) is 14.6 Å². The van der Waals surface area contributed by atoms with E-state index < -0.39 is 11.6 Å². The van der Waals surface area contributed by atoms with Gasteiger partial charge in [-0.1, -0.05) is 25.6 Å². The highest BCUT2D eigenvalue weighted by molar-refractivity contribution is 8.01. The molecule has 0 unspecified atom stereocenters. The maximum atomic E-state index is 12.2. The quantitative estimate of drug-likeness (QED) is 0.777. The molecule has 0 aliphatic carbocycles. The van der Waals surface area contributed by atoms with Gasteiger partial charge in [0.1, 0.15) is 5.60 Å². The van der Waals surface area contributed by atoms with Crippen molar-refractivity contribution in [1.29, 1.82) is 0 Å². The second-order valence-corrected chi connectivity index (χ2v) is 8.64. The maximum absolute atomic E-state index is 12.2. The fourth-order valence-corrected chi connectivity index (χ4v) is 4.02. The third-order valence-corrected chi connectivity index (χ3v) is 5.15. The van der Waals surface area contributed by atoms with Crippen LogP contribution in [0, 0.1) is 5.92 Å². The first-order chi connectivity index (χ1) is 10.5. The first-order valence-corrected chi connectivity index (χ1v) is 9.15. The third-order valence-electron chi connectivity index (χ3n) is 3.03. The highest BCUT2D eigenvalue weighted by atomic mass is 32.2. The van der Waals surface area contributed by atoms with E-state index in [2.05, 4.69) is 4.98 Å². The number of aromatic carboxylic acids is 1. The molecule has 8 heteroatoms. The molecule has 1 N–H and O–H groups in total. The van der Waals surface area contributed by atoms with E-state index in [1.165, 1.54) is 28.5 Å². The van der Waals surface area contributed by atoms with Crippen LogP contribution < -0.4 is 0 Å². The molecule has 0 aromatic carbocycles. The summed E-state index contributed by atoms with van der Waals surface area (Å²) in [7, 11) is 1.73. The summed E-state index contributed by atoms with van der Waals surface area (Å²) in [4.78, 5) is 28.7. The molecule has 0 radical (unpaired) electrons. The molecule has 130 valence electrons. The molecule has 0 bridgehead atoms. The average molecular weight is 361 g/mol. The van der Waals surface area contributed by atoms with E-state index in [-0.39, 0.29) is 23.7 Å². The second kappa shape index (κ2) is 8.01. The predicted molar refractivity (Wildman–Crippen MR) is 92.4 cm³/mol. The van der Waals surface area contributed by atoms with Crippen molar-refractivity contribution in [3.63, 3.8) is 0 Å². The summed E-state index contributed by atoms with van der Waals surface area (Å²) in [5.41, 5.74) is -0.481. The molecule has 1 amide bonds. The summed E-state index contributed by atoms with van der Waals surface area (Å²) in [6.07, 6.45) is -0.359. The summed E-state index contributed by atoms with van der Waals surface area (Å²) in [6.45, 7) is 9.58.